The highest BCUT2D eigenvalue weighted by Crippen LogP contribution is 2.43. The molecule has 3 nitrogen and oxygen atoms in total. The van der Waals surface area contributed by atoms with Gasteiger partial charge in [-0.15, -0.1) is 11.3 Å². The molecular weight excluding hydrogens is 631 g/mol. The zero-order chi connectivity index (χ0) is 32.8. The third-order valence-corrected chi connectivity index (χ3v) is 11.2. The molecule has 0 atom stereocenters. The summed E-state index contributed by atoms with van der Waals surface area (Å²) in [5, 5.41) is 9.55. The summed E-state index contributed by atoms with van der Waals surface area (Å²) < 4.78 is 15.3. The van der Waals surface area contributed by atoms with E-state index in [9.17, 15) is 0 Å². The number of hydrogen-bond acceptors (Lipinski definition) is 4. The molecule has 0 fully saturated rings. The van der Waals surface area contributed by atoms with E-state index in [1.807, 2.05) is 23.5 Å². The van der Waals surface area contributed by atoms with Gasteiger partial charge in [0.1, 0.15) is 22.3 Å². The Morgan fingerprint density at radius 2 is 1.00 bits per heavy atom. The Morgan fingerprint density at radius 1 is 0.360 bits per heavy atom. The molecule has 4 heteroatoms. The molecular formula is C46H27NO2S. The third-order valence-electron chi connectivity index (χ3n) is 10.1. The molecule has 50 heavy (non-hydrogen) atoms. The summed E-state index contributed by atoms with van der Waals surface area (Å²) in [5.74, 6) is 0. The Kier molecular flexibility index (Phi) is 5.83. The Balaban J connectivity index is 1.04. The van der Waals surface area contributed by atoms with Crippen LogP contribution in [0.1, 0.15) is 0 Å². The van der Waals surface area contributed by atoms with Crippen molar-refractivity contribution in [3.8, 4) is 11.1 Å². The fraction of sp³-hybridized carbons (Fsp3) is 0. The molecule has 0 aliphatic heterocycles. The van der Waals surface area contributed by atoms with Crippen molar-refractivity contribution in [3.05, 3.63) is 164 Å². The first kappa shape index (κ1) is 27.6. The van der Waals surface area contributed by atoms with Gasteiger partial charge in [-0.05, 0) is 94.7 Å². The topological polar surface area (TPSA) is 29.5 Å². The van der Waals surface area contributed by atoms with E-state index >= 15 is 0 Å². The SMILES string of the molecule is c1ccc2c(c1)ccc1oc3cc(-c4ccc(N(c5ccc6c(c5)oc5ccccc56)c5ccc6sc7ccccc7c6c5)cc4)ccc3c12. The minimum absolute atomic E-state index is 0.874. The van der Waals surface area contributed by atoms with Crippen molar-refractivity contribution in [2.45, 2.75) is 0 Å². The predicted molar refractivity (Wildman–Crippen MR) is 212 cm³/mol. The molecule has 11 rings (SSSR count). The number of rotatable bonds is 4. The largest absolute Gasteiger partial charge is 0.456 e. The van der Waals surface area contributed by atoms with Gasteiger partial charge < -0.3 is 13.7 Å². The van der Waals surface area contributed by atoms with Crippen molar-refractivity contribution in [1.82, 2.24) is 0 Å². The standard InChI is InChI=1S/C46H27NO2S/c1-2-8-34-29(7-1)16-23-41-46(34)38-21-15-30(25-42(38)49-41)28-13-17-31(18-14-28)47(32-20-24-45-39(26-32)37-10-4-6-12-44(37)50-45)33-19-22-36-35-9-3-5-11-40(35)48-43(36)27-33/h1-27H. The van der Waals surface area contributed by atoms with Gasteiger partial charge in [-0.2, -0.15) is 0 Å². The quantitative estimate of drug-likeness (QED) is 0.189. The lowest BCUT2D eigenvalue weighted by atomic mass is 10.0. The smallest absolute Gasteiger partial charge is 0.137 e. The van der Waals surface area contributed by atoms with Gasteiger partial charge in [0.05, 0.1) is 0 Å². The van der Waals surface area contributed by atoms with Crippen molar-refractivity contribution < 1.29 is 8.83 Å². The van der Waals surface area contributed by atoms with Crippen LogP contribution in [0.25, 0.3) is 85.9 Å². The second-order valence-electron chi connectivity index (χ2n) is 12.9. The summed E-state index contributed by atoms with van der Waals surface area (Å²) in [7, 11) is 0. The Labute approximate surface area is 290 Å². The number of nitrogens with zero attached hydrogens (tertiary/aromatic N) is 1. The van der Waals surface area contributed by atoms with Crippen LogP contribution in [0, 0.1) is 0 Å². The van der Waals surface area contributed by atoms with Gasteiger partial charge in [-0.25, -0.2) is 0 Å². The van der Waals surface area contributed by atoms with Gasteiger partial charge in [0.2, 0.25) is 0 Å². The number of benzene rings is 8. The lowest BCUT2D eigenvalue weighted by Gasteiger charge is -2.26. The van der Waals surface area contributed by atoms with Gasteiger partial charge in [0, 0.05) is 64.8 Å². The Bertz CT molecular complexity index is 3110. The van der Waals surface area contributed by atoms with Gasteiger partial charge in [-0.3, -0.25) is 0 Å². The third kappa shape index (κ3) is 4.16. The number of hydrogen-bond donors (Lipinski definition) is 0. The number of furan rings is 2. The number of para-hydroxylation sites is 1. The van der Waals surface area contributed by atoms with Gasteiger partial charge in [-0.1, -0.05) is 84.9 Å². The van der Waals surface area contributed by atoms with Crippen LogP contribution in [0.3, 0.4) is 0 Å². The predicted octanol–water partition coefficient (Wildman–Crippen LogP) is 14.1. The lowest BCUT2D eigenvalue weighted by molar-refractivity contribution is 0.668. The molecule has 0 spiro atoms. The summed E-state index contributed by atoms with van der Waals surface area (Å²) in [4.78, 5) is 2.33. The molecule has 8 aromatic carbocycles. The first-order valence-electron chi connectivity index (χ1n) is 16.8. The maximum absolute atomic E-state index is 6.40. The maximum Gasteiger partial charge on any atom is 0.137 e. The molecule has 0 aliphatic rings. The van der Waals surface area contributed by atoms with E-state index in [0.717, 1.165) is 66.7 Å². The van der Waals surface area contributed by atoms with Crippen LogP contribution in [0.2, 0.25) is 0 Å². The summed E-state index contributed by atoms with van der Waals surface area (Å²) in [6.07, 6.45) is 0. The first-order valence-corrected chi connectivity index (χ1v) is 17.6. The minimum atomic E-state index is 0.874. The van der Waals surface area contributed by atoms with E-state index in [4.69, 9.17) is 8.83 Å². The van der Waals surface area contributed by atoms with Crippen LogP contribution in [-0.2, 0) is 0 Å². The summed E-state index contributed by atoms with van der Waals surface area (Å²) in [6, 6.07) is 58.4. The van der Waals surface area contributed by atoms with Crippen LogP contribution < -0.4 is 4.90 Å². The second-order valence-corrected chi connectivity index (χ2v) is 14.0. The molecule has 3 aromatic heterocycles. The molecule has 11 aromatic rings. The minimum Gasteiger partial charge on any atom is -0.456 e. The van der Waals surface area contributed by atoms with Crippen LogP contribution in [0.4, 0.5) is 17.1 Å². The van der Waals surface area contributed by atoms with Crippen molar-refractivity contribution in [2.75, 3.05) is 4.90 Å². The molecule has 0 aliphatic carbocycles. The number of thiophene rings is 1. The van der Waals surface area contributed by atoms with E-state index in [1.54, 1.807) is 0 Å². The highest BCUT2D eigenvalue weighted by atomic mass is 32.1. The van der Waals surface area contributed by atoms with Crippen LogP contribution in [0.5, 0.6) is 0 Å². The fourth-order valence-electron chi connectivity index (χ4n) is 7.68. The molecule has 0 amide bonds. The van der Waals surface area contributed by atoms with E-state index in [0.29, 0.717) is 0 Å². The zero-order valence-corrected chi connectivity index (χ0v) is 27.6. The van der Waals surface area contributed by atoms with E-state index in [2.05, 4.69) is 157 Å². The van der Waals surface area contributed by atoms with Gasteiger partial charge >= 0.3 is 0 Å². The van der Waals surface area contributed by atoms with Crippen LogP contribution in [-0.4, -0.2) is 0 Å². The van der Waals surface area contributed by atoms with Crippen LogP contribution in [0.15, 0.2) is 173 Å². The maximum atomic E-state index is 6.40. The van der Waals surface area contributed by atoms with Crippen molar-refractivity contribution in [3.63, 3.8) is 0 Å². The molecule has 0 radical (unpaired) electrons. The Hall–Kier alpha value is -6.36. The molecule has 3 heterocycles. The molecule has 0 saturated heterocycles. The van der Waals surface area contributed by atoms with Crippen LogP contribution >= 0.6 is 11.3 Å². The summed E-state index contributed by atoms with van der Waals surface area (Å²) in [5.41, 5.74) is 9.05. The van der Waals surface area contributed by atoms with E-state index in [1.165, 1.54) is 36.3 Å². The highest BCUT2D eigenvalue weighted by molar-refractivity contribution is 7.25. The summed E-state index contributed by atoms with van der Waals surface area (Å²) >= 11 is 1.84. The summed E-state index contributed by atoms with van der Waals surface area (Å²) in [6.45, 7) is 0. The number of anilines is 3. The van der Waals surface area contributed by atoms with E-state index in [-0.39, 0.29) is 0 Å². The lowest BCUT2D eigenvalue weighted by Crippen LogP contribution is -2.09. The van der Waals surface area contributed by atoms with Crippen molar-refractivity contribution in [2.24, 2.45) is 0 Å². The highest BCUT2D eigenvalue weighted by Gasteiger charge is 2.18. The van der Waals surface area contributed by atoms with E-state index < -0.39 is 0 Å². The zero-order valence-electron chi connectivity index (χ0n) is 26.8. The fourth-order valence-corrected chi connectivity index (χ4v) is 8.77. The molecule has 0 unspecified atom stereocenters. The average molecular weight is 658 g/mol. The number of fused-ring (bicyclic) bond motifs is 11. The van der Waals surface area contributed by atoms with Crippen molar-refractivity contribution >= 4 is 103 Å². The van der Waals surface area contributed by atoms with Crippen molar-refractivity contribution in [1.29, 1.82) is 0 Å². The molecule has 0 N–H and O–H groups in total. The van der Waals surface area contributed by atoms with Gasteiger partial charge in [0.25, 0.3) is 0 Å². The molecule has 0 bridgehead atoms. The Morgan fingerprint density at radius 3 is 1.92 bits per heavy atom. The first-order chi connectivity index (χ1) is 24.7. The molecule has 0 saturated carbocycles. The normalized spacial score (nSPS) is 12.0. The molecule has 234 valence electrons. The van der Waals surface area contributed by atoms with Gasteiger partial charge in [0.15, 0.2) is 0 Å². The monoisotopic (exact) mass is 657 g/mol. The average Bonchev–Trinajstić information content (AvgIpc) is 3.86. The second kappa shape index (κ2) is 10.6.